The van der Waals surface area contributed by atoms with Gasteiger partial charge in [0.2, 0.25) is 0 Å². The lowest BCUT2D eigenvalue weighted by Crippen LogP contribution is -2.20. The van der Waals surface area contributed by atoms with E-state index in [2.05, 4.69) is 55.6 Å². The minimum absolute atomic E-state index is 0.0789. The van der Waals surface area contributed by atoms with Gasteiger partial charge in [-0.05, 0) is 55.0 Å². The summed E-state index contributed by atoms with van der Waals surface area (Å²) in [4.78, 5) is 14.6. The second kappa shape index (κ2) is 9.92. The molecule has 0 saturated carbocycles. The Balaban J connectivity index is 1.55. The van der Waals surface area contributed by atoms with Gasteiger partial charge in [0.05, 0.1) is 12.3 Å². The minimum Gasteiger partial charge on any atom is -0.494 e. The van der Waals surface area contributed by atoms with Crippen molar-refractivity contribution >= 4 is 29.3 Å². The van der Waals surface area contributed by atoms with Crippen LogP contribution in [0.25, 0.3) is 0 Å². The number of nitrogens with one attached hydrogen (secondary N) is 2. The molecule has 1 aromatic heterocycles. The van der Waals surface area contributed by atoms with Gasteiger partial charge in [0.1, 0.15) is 11.6 Å². The summed E-state index contributed by atoms with van der Waals surface area (Å²) >= 11 is 1.66. The van der Waals surface area contributed by atoms with Crippen molar-refractivity contribution in [2.45, 2.75) is 49.3 Å². The highest BCUT2D eigenvalue weighted by molar-refractivity contribution is 7.99. The average molecular weight is 439 g/mol. The fourth-order valence-electron chi connectivity index (χ4n) is 2.80. The standard InChI is InChI=1S/C24H30N4O2S/c1-6-15-30-18-9-13-20(14-10-18)31-19-11-7-17(8-12-19)25-23(29)26-22-16-21(24(2,3)4)27-28(22)5/h7-14,16H,6,15H2,1-5H3,(H2,25,26,29). The Kier molecular flexibility index (Phi) is 7.28. The predicted molar refractivity (Wildman–Crippen MR) is 127 cm³/mol. The highest BCUT2D eigenvalue weighted by Gasteiger charge is 2.19. The number of aromatic nitrogens is 2. The van der Waals surface area contributed by atoms with E-state index in [4.69, 9.17) is 4.74 Å². The number of amides is 2. The van der Waals surface area contributed by atoms with Crippen molar-refractivity contribution in [1.29, 1.82) is 0 Å². The van der Waals surface area contributed by atoms with E-state index in [1.54, 1.807) is 16.4 Å². The SMILES string of the molecule is CCCOc1ccc(Sc2ccc(NC(=O)Nc3cc(C(C)(C)C)nn3C)cc2)cc1. The highest BCUT2D eigenvalue weighted by Crippen LogP contribution is 2.30. The van der Waals surface area contributed by atoms with Crippen molar-refractivity contribution in [1.82, 2.24) is 9.78 Å². The summed E-state index contributed by atoms with van der Waals surface area (Å²) in [6.45, 7) is 9.09. The van der Waals surface area contributed by atoms with Crippen LogP contribution in [0.5, 0.6) is 5.75 Å². The van der Waals surface area contributed by atoms with E-state index in [-0.39, 0.29) is 11.4 Å². The molecule has 0 saturated heterocycles. The topological polar surface area (TPSA) is 68.2 Å². The largest absolute Gasteiger partial charge is 0.494 e. The molecule has 1 heterocycles. The van der Waals surface area contributed by atoms with E-state index in [1.807, 2.05) is 49.5 Å². The van der Waals surface area contributed by atoms with Gasteiger partial charge in [-0.3, -0.25) is 10.00 Å². The first-order valence-electron chi connectivity index (χ1n) is 10.4. The first kappa shape index (κ1) is 22.7. The van der Waals surface area contributed by atoms with Gasteiger partial charge in [-0.1, -0.05) is 39.5 Å². The molecule has 0 radical (unpaired) electrons. The smallest absolute Gasteiger partial charge is 0.324 e. The zero-order valence-electron chi connectivity index (χ0n) is 18.7. The summed E-state index contributed by atoms with van der Waals surface area (Å²) in [7, 11) is 1.82. The van der Waals surface area contributed by atoms with Crippen LogP contribution in [0, 0.1) is 0 Å². The van der Waals surface area contributed by atoms with Crippen LogP contribution in [0.4, 0.5) is 16.3 Å². The Morgan fingerprint density at radius 1 is 1.03 bits per heavy atom. The summed E-state index contributed by atoms with van der Waals surface area (Å²) in [6, 6.07) is 17.4. The Morgan fingerprint density at radius 3 is 2.19 bits per heavy atom. The van der Waals surface area contributed by atoms with Gasteiger partial charge >= 0.3 is 6.03 Å². The molecule has 3 aromatic rings. The van der Waals surface area contributed by atoms with Crippen LogP contribution in [0.1, 0.15) is 39.8 Å². The molecule has 31 heavy (non-hydrogen) atoms. The van der Waals surface area contributed by atoms with Crippen LogP contribution in [0.15, 0.2) is 64.4 Å². The number of hydrogen-bond acceptors (Lipinski definition) is 4. The summed E-state index contributed by atoms with van der Waals surface area (Å²) in [6.07, 6.45) is 0.995. The lowest BCUT2D eigenvalue weighted by Gasteiger charge is -2.13. The summed E-state index contributed by atoms with van der Waals surface area (Å²) in [5, 5.41) is 10.2. The van der Waals surface area contributed by atoms with Crippen molar-refractivity contribution < 1.29 is 9.53 Å². The van der Waals surface area contributed by atoms with Crippen molar-refractivity contribution in [3.63, 3.8) is 0 Å². The number of urea groups is 1. The Bertz CT molecular complexity index is 1010. The number of benzene rings is 2. The van der Waals surface area contributed by atoms with E-state index >= 15 is 0 Å². The molecule has 3 rings (SSSR count). The molecular formula is C24H30N4O2S. The molecule has 0 aliphatic heterocycles. The number of aryl methyl sites for hydroxylation is 1. The first-order chi connectivity index (χ1) is 14.7. The number of anilines is 2. The minimum atomic E-state index is -0.300. The van der Waals surface area contributed by atoms with Crippen molar-refractivity contribution in [2.75, 3.05) is 17.2 Å². The monoisotopic (exact) mass is 438 g/mol. The van der Waals surface area contributed by atoms with Crippen LogP contribution in [0.3, 0.4) is 0 Å². The summed E-state index contributed by atoms with van der Waals surface area (Å²) < 4.78 is 7.30. The van der Waals surface area contributed by atoms with Gasteiger partial charge in [0, 0.05) is 34.0 Å². The van der Waals surface area contributed by atoms with Crippen LogP contribution in [0.2, 0.25) is 0 Å². The van der Waals surface area contributed by atoms with E-state index in [1.165, 1.54) is 0 Å². The molecule has 0 aliphatic rings. The molecule has 6 nitrogen and oxygen atoms in total. The molecule has 2 N–H and O–H groups in total. The second-order valence-electron chi connectivity index (χ2n) is 8.31. The lowest BCUT2D eigenvalue weighted by molar-refractivity contribution is 0.262. The van der Waals surface area contributed by atoms with E-state index < -0.39 is 0 Å². The number of hydrogen-bond donors (Lipinski definition) is 2. The zero-order chi connectivity index (χ0) is 22.4. The van der Waals surface area contributed by atoms with Gasteiger partial charge in [-0.25, -0.2) is 4.79 Å². The maximum Gasteiger partial charge on any atom is 0.324 e. The second-order valence-corrected chi connectivity index (χ2v) is 9.46. The average Bonchev–Trinajstić information content (AvgIpc) is 3.09. The summed E-state index contributed by atoms with van der Waals surface area (Å²) in [5.41, 5.74) is 1.57. The third-order valence-electron chi connectivity index (χ3n) is 4.53. The molecule has 7 heteroatoms. The number of rotatable bonds is 7. The van der Waals surface area contributed by atoms with E-state index in [0.29, 0.717) is 5.82 Å². The molecular weight excluding hydrogens is 408 g/mol. The molecule has 2 amide bonds. The maximum absolute atomic E-state index is 12.4. The molecule has 0 unspecified atom stereocenters. The fourth-order valence-corrected chi connectivity index (χ4v) is 3.61. The lowest BCUT2D eigenvalue weighted by atomic mass is 9.92. The zero-order valence-corrected chi connectivity index (χ0v) is 19.5. The Labute approximate surface area is 188 Å². The molecule has 2 aromatic carbocycles. The molecule has 0 bridgehead atoms. The van der Waals surface area contributed by atoms with Gasteiger partial charge in [-0.15, -0.1) is 0 Å². The van der Waals surface area contributed by atoms with Crippen molar-refractivity contribution in [3.05, 3.63) is 60.3 Å². The van der Waals surface area contributed by atoms with Gasteiger partial charge in [-0.2, -0.15) is 5.10 Å². The van der Waals surface area contributed by atoms with Gasteiger partial charge in [0.25, 0.3) is 0 Å². The molecule has 0 spiro atoms. The number of carbonyl (C=O) groups is 1. The highest BCUT2D eigenvalue weighted by atomic mass is 32.2. The van der Waals surface area contributed by atoms with Crippen LogP contribution in [-0.4, -0.2) is 22.4 Å². The van der Waals surface area contributed by atoms with Crippen molar-refractivity contribution in [2.24, 2.45) is 7.05 Å². The molecule has 0 atom stereocenters. The quantitative estimate of drug-likeness (QED) is 0.454. The number of ether oxygens (including phenoxy) is 1. The number of carbonyl (C=O) groups excluding carboxylic acids is 1. The van der Waals surface area contributed by atoms with Gasteiger partial charge < -0.3 is 10.1 Å². The molecule has 164 valence electrons. The third kappa shape index (κ3) is 6.52. The molecule has 0 aliphatic carbocycles. The first-order valence-corrected chi connectivity index (χ1v) is 11.2. The van der Waals surface area contributed by atoms with Crippen molar-refractivity contribution in [3.8, 4) is 5.75 Å². The fraction of sp³-hybridized carbons (Fsp3) is 0.333. The van der Waals surface area contributed by atoms with Crippen LogP contribution >= 0.6 is 11.8 Å². The van der Waals surface area contributed by atoms with Gasteiger partial charge in [0.15, 0.2) is 0 Å². The number of nitrogens with zero attached hydrogens (tertiary/aromatic N) is 2. The third-order valence-corrected chi connectivity index (χ3v) is 5.55. The Hall–Kier alpha value is -2.93. The predicted octanol–water partition coefficient (Wildman–Crippen LogP) is 6.30. The van der Waals surface area contributed by atoms with Crippen LogP contribution < -0.4 is 15.4 Å². The Morgan fingerprint density at radius 2 is 1.65 bits per heavy atom. The maximum atomic E-state index is 12.4. The van der Waals surface area contributed by atoms with Crippen LogP contribution in [-0.2, 0) is 12.5 Å². The van der Waals surface area contributed by atoms with E-state index in [0.717, 1.165) is 39.9 Å². The normalized spacial score (nSPS) is 11.3. The van der Waals surface area contributed by atoms with E-state index in [9.17, 15) is 4.79 Å². The summed E-state index contributed by atoms with van der Waals surface area (Å²) in [5.74, 6) is 1.54. The molecule has 0 fully saturated rings.